The molecule has 4 heteroatoms. The summed E-state index contributed by atoms with van der Waals surface area (Å²) in [5, 5.41) is 0.439. The van der Waals surface area contributed by atoms with Crippen LogP contribution in [-0.4, -0.2) is 7.11 Å². The fourth-order valence-electron chi connectivity index (χ4n) is 2.00. The molecule has 0 spiro atoms. The summed E-state index contributed by atoms with van der Waals surface area (Å²) < 4.78 is 18.6. The molecule has 2 aromatic carbocycles. The largest absolute Gasteiger partial charge is 0.497 e. The predicted octanol–water partition coefficient (Wildman–Crippen LogP) is 3.71. The van der Waals surface area contributed by atoms with Gasteiger partial charge < -0.3 is 10.5 Å². The van der Waals surface area contributed by atoms with E-state index >= 15 is 0 Å². The standard InChI is InChI=1S/C15H15ClFNO/c1-15(18,10-4-3-5-12(8-10)19-2)13-9-11(17)6-7-14(13)16/h3-9H,18H2,1-2H3. The van der Waals surface area contributed by atoms with Crippen molar-refractivity contribution in [1.29, 1.82) is 0 Å². The third kappa shape index (κ3) is 2.72. The number of methoxy groups -OCH3 is 1. The van der Waals surface area contributed by atoms with Gasteiger partial charge in [-0.3, -0.25) is 0 Å². The van der Waals surface area contributed by atoms with Crippen LogP contribution in [0.15, 0.2) is 42.5 Å². The molecule has 0 aliphatic heterocycles. The fraction of sp³-hybridized carbons (Fsp3) is 0.200. The third-order valence-corrected chi connectivity index (χ3v) is 3.49. The van der Waals surface area contributed by atoms with E-state index in [9.17, 15) is 4.39 Å². The number of nitrogens with two attached hydrogens (primary N) is 1. The van der Waals surface area contributed by atoms with E-state index in [0.717, 1.165) is 5.56 Å². The van der Waals surface area contributed by atoms with Crippen molar-refractivity contribution in [2.45, 2.75) is 12.5 Å². The Balaban J connectivity index is 2.54. The summed E-state index contributed by atoms with van der Waals surface area (Å²) in [6.07, 6.45) is 0. The van der Waals surface area contributed by atoms with Gasteiger partial charge in [0.05, 0.1) is 12.6 Å². The van der Waals surface area contributed by atoms with Gasteiger partial charge >= 0.3 is 0 Å². The van der Waals surface area contributed by atoms with Gasteiger partial charge in [-0.1, -0.05) is 23.7 Å². The first-order chi connectivity index (χ1) is 8.95. The Kier molecular flexibility index (Phi) is 3.78. The van der Waals surface area contributed by atoms with E-state index in [1.54, 1.807) is 14.0 Å². The molecule has 2 N–H and O–H groups in total. The molecule has 0 heterocycles. The number of rotatable bonds is 3. The van der Waals surface area contributed by atoms with Crippen molar-refractivity contribution in [2.24, 2.45) is 5.73 Å². The molecule has 2 aromatic rings. The van der Waals surface area contributed by atoms with Crippen LogP contribution in [0.2, 0.25) is 5.02 Å². The Labute approximate surface area is 117 Å². The molecule has 0 amide bonds. The van der Waals surface area contributed by atoms with Crippen LogP contribution in [-0.2, 0) is 5.54 Å². The van der Waals surface area contributed by atoms with Crippen molar-refractivity contribution in [2.75, 3.05) is 7.11 Å². The van der Waals surface area contributed by atoms with Gasteiger partial charge in [0.15, 0.2) is 0 Å². The Morgan fingerprint density at radius 2 is 1.95 bits per heavy atom. The van der Waals surface area contributed by atoms with Crippen LogP contribution in [0.3, 0.4) is 0 Å². The minimum Gasteiger partial charge on any atom is -0.497 e. The molecule has 2 nitrogen and oxygen atoms in total. The molecule has 0 radical (unpaired) electrons. The molecule has 0 aromatic heterocycles. The van der Waals surface area contributed by atoms with Crippen molar-refractivity contribution in [1.82, 2.24) is 0 Å². The molecular formula is C15H15ClFNO. The van der Waals surface area contributed by atoms with Gasteiger partial charge in [0.25, 0.3) is 0 Å². The van der Waals surface area contributed by atoms with E-state index < -0.39 is 5.54 Å². The smallest absolute Gasteiger partial charge is 0.123 e. The number of halogens is 2. The van der Waals surface area contributed by atoms with Crippen LogP contribution in [0.25, 0.3) is 0 Å². The second kappa shape index (κ2) is 5.19. The molecule has 0 bridgehead atoms. The van der Waals surface area contributed by atoms with Gasteiger partial charge in [0.2, 0.25) is 0 Å². The summed E-state index contributed by atoms with van der Waals surface area (Å²) in [4.78, 5) is 0. The lowest BCUT2D eigenvalue weighted by molar-refractivity contribution is 0.413. The van der Waals surface area contributed by atoms with Crippen molar-refractivity contribution >= 4 is 11.6 Å². The van der Waals surface area contributed by atoms with Crippen molar-refractivity contribution in [3.8, 4) is 5.75 Å². The van der Waals surface area contributed by atoms with E-state index in [0.29, 0.717) is 16.3 Å². The highest BCUT2D eigenvalue weighted by molar-refractivity contribution is 6.31. The Morgan fingerprint density at radius 1 is 1.21 bits per heavy atom. The summed E-state index contributed by atoms with van der Waals surface area (Å²) >= 11 is 6.13. The van der Waals surface area contributed by atoms with E-state index in [1.165, 1.54) is 18.2 Å². The van der Waals surface area contributed by atoms with Crippen molar-refractivity contribution in [3.05, 3.63) is 64.4 Å². The average Bonchev–Trinajstić information content (AvgIpc) is 2.41. The zero-order valence-electron chi connectivity index (χ0n) is 10.8. The maximum Gasteiger partial charge on any atom is 0.123 e. The lowest BCUT2D eigenvalue weighted by Crippen LogP contribution is -2.34. The van der Waals surface area contributed by atoms with Crippen LogP contribution >= 0.6 is 11.6 Å². The van der Waals surface area contributed by atoms with Gasteiger partial charge in [-0.15, -0.1) is 0 Å². The topological polar surface area (TPSA) is 35.2 Å². The van der Waals surface area contributed by atoms with Gasteiger partial charge in [-0.25, -0.2) is 4.39 Å². The summed E-state index contributed by atoms with van der Waals surface area (Å²) in [5.41, 5.74) is 6.80. The second-order valence-corrected chi connectivity index (χ2v) is 4.97. The molecule has 1 unspecified atom stereocenters. The molecule has 100 valence electrons. The zero-order valence-corrected chi connectivity index (χ0v) is 11.5. The maximum absolute atomic E-state index is 13.4. The Bertz CT molecular complexity index is 598. The van der Waals surface area contributed by atoms with Crippen LogP contribution in [0.5, 0.6) is 5.75 Å². The molecule has 0 aliphatic carbocycles. The van der Waals surface area contributed by atoms with E-state index in [-0.39, 0.29) is 5.82 Å². The van der Waals surface area contributed by atoms with Crippen LogP contribution in [0.4, 0.5) is 4.39 Å². The zero-order chi connectivity index (χ0) is 14.0. The lowest BCUT2D eigenvalue weighted by atomic mass is 9.85. The van der Waals surface area contributed by atoms with Crippen LogP contribution < -0.4 is 10.5 Å². The van der Waals surface area contributed by atoms with Gasteiger partial charge in [-0.2, -0.15) is 0 Å². The highest BCUT2D eigenvalue weighted by Crippen LogP contribution is 2.33. The molecule has 0 aliphatic rings. The molecule has 2 rings (SSSR count). The van der Waals surface area contributed by atoms with Gasteiger partial charge in [0, 0.05) is 5.02 Å². The predicted molar refractivity (Wildman–Crippen MR) is 75.0 cm³/mol. The first kappa shape index (κ1) is 13.8. The van der Waals surface area contributed by atoms with Crippen molar-refractivity contribution in [3.63, 3.8) is 0 Å². The van der Waals surface area contributed by atoms with Crippen LogP contribution in [0.1, 0.15) is 18.1 Å². The molecule has 0 saturated carbocycles. The van der Waals surface area contributed by atoms with E-state index in [2.05, 4.69) is 0 Å². The highest BCUT2D eigenvalue weighted by Gasteiger charge is 2.27. The Morgan fingerprint density at radius 3 is 2.63 bits per heavy atom. The molecule has 1 atom stereocenters. The first-order valence-corrected chi connectivity index (χ1v) is 6.22. The van der Waals surface area contributed by atoms with Gasteiger partial charge in [0.1, 0.15) is 11.6 Å². The summed E-state index contributed by atoms with van der Waals surface area (Å²) in [6, 6.07) is 11.5. The Hall–Kier alpha value is -1.58. The van der Waals surface area contributed by atoms with E-state index in [4.69, 9.17) is 22.1 Å². The molecule has 19 heavy (non-hydrogen) atoms. The monoisotopic (exact) mass is 279 g/mol. The normalized spacial score (nSPS) is 13.9. The number of hydrogen-bond donors (Lipinski definition) is 1. The second-order valence-electron chi connectivity index (χ2n) is 4.56. The minimum absolute atomic E-state index is 0.362. The minimum atomic E-state index is -0.895. The summed E-state index contributed by atoms with van der Waals surface area (Å²) in [5.74, 6) is 0.334. The lowest BCUT2D eigenvalue weighted by Gasteiger charge is -2.27. The quantitative estimate of drug-likeness (QED) is 0.929. The van der Waals surface area contributed by atoms with Crippen molar-refractivity contribution < 1.29 is 9.13 Å². The van der Waals surface area contributed by atoms with Gasteiger partial charge in [-0.05, 0) is 48.4 Å². The molecule has 0 saturated heterocycles. The maximum atomic E-state index is 13.4. The highest BCUT2D eigenvalue weighted by atomic mass is 35.5. The fourth-order valence-corrected chi connectivity index (χ4v) is 2.31. The van der Waals surface area contributed by atoms with Crippen LogP contribution in [0, 0.1) is 5.82 Å². The number of benzene rings is 2. The number of ether oxygens (including phenoxy) is 1. The average molecular weight is 280 g/mol. The van der Waals surface area contributed by atoms with E-state index in [1.807, 2.05) is 24.3 Å². The molecule has 0 fully saturated rings. The summed E-state index contributed by atoms with van der Waals surface area (Å²) in [7, 11) is 1.59. The molecular weight excluding hydrogens is 265 g/mol. The third-order valence-electron chi connectivity index (χ3n) is 3.16. The summed E-state index contributed by atoms with van der Waals surface area (Å²) in [6.45, 7) is 1.79. The first-order valence-electron chi connectivity index (χ1n) is 5.84. The number of hydrogen-bond acceptors (Lipinski definition) is 2. The SMILES string of the molecule is COc1cccc(C(C)(N)c2cc(F)ccc2Cl)c1.